The highest BCUT2D eigenvalue weighted by molar-refractivity contribution is 6.05. The minimum atomic E-state index is -0.215. The van der Waals surface area contributed by atoms with Crippen LogP contribution in [0.15, 0.2) is 59.0 Å². The Morgan fingerprint density at radius 2 is 1.38 bits per heavy atom. The number of nitrogens with zero attached hydrogens (tertiary/aromatic N) is 6. The molecule has 2 aromatic carbocycles. The summed E-state index contributed by atoms with van der Waals surface area (Å²) >= 11 is 0. The number of furan rings is 1. The van der Waals surface area contributed by atoms with Gasteiger partial charge in [0.2, 0.25) is 5.71 Å². The zero-order valence-corrected chi connectivity index (χ0v) is 22.3. The molecule has 0 spiro atoms. The van der Waals surface area contributed by atoms with Crippen molar-refractivity contribution in [2.75, 3.05) is 0 Å². The normalized spacial score (nSPS) is 12.7. The van der Waals surface area contributed by atoms with E-state index in [1.807, 2.05) is 43.4 Å². The molecular formula is C30H30N6O. The lowest BCUT2D eigenvalue weighted by Crippen LogP contribution is -2.24. The number of para-hydroxylation sites is 2. The number of benzene rings is 2. The van der Waals surface area contributed by atoms with E-state index in [9.17, 15) is 0 Å². The molecule has 0 saturated carbocycles. The highest BCUT2D eigenvalue weighted by Crippen LogP contribution is 2.34. The maximum Gasteiger partial charge on any atom is 0.227 e. The van der Waals surface area contributed by atoms with Crippen LogP contribution < -0.4 is 0 Å². The maximum atomic E-state index is 6.27. The lowest BCUT2D eigenvalue weighted by atomic mass is 9.93. The van der Waals surface area contributed by atoms with Crippen LogP contribution in [0.1, 0.15) is 53.2 Å². The van der Waals surface area contributed by atoms with Gasteiger partial charge in [0.15, 0.2) is 5.82 Å². The van der Waals surface area contributed by atoms with E-state index in [1.165, 1.54) is 0 Å². The van der Waals surface area contributed by atoms with E-state index in [2.05, 4.69) is 64.3 Å². The molecule has 7 heteroatoms. The van der Waals surface area contributed by atoms with Gasteiger partial charge in [0, 0.05) is 34.2 Å². The van der Waals surface area contributed by atoms with Gasteiger partial charge in [-0.1, -0.05) is 59.7 Å². The SMILES string of the molecule is Cn1c(-c2ccc3c(c2)oc2nc(-c4nc(C(C)(C)C)nc(C(C)(C)C)n4)ccc23)nc2ccccc21. The molecule has 4 aromatic heterocycles. The van der Waals surface area contributed by atoms with Crippen LogP contribution >= 0.6 is 0 Å². The molecule has 7 nitrogen and oxygen atoms in total. The van der Waals surface area contributed by atoms with Crippen LogP contribution in [0, 0.1) is 0 Å². The van der Waals surface area contributed by atoms with Crippen molar-refractivity contribution < 1.29 is 4.42 Å². The minimum Gasteiger partial charge on any atom is -0.438 e. The van der Waals surface area contributed by atoms with E-state index in [1.54, 1.807) is 0 Å². The second-order valence-corrected chi connectivity index (χ2v) is 11.7. The second kappa shape index (κ2) is 7.93. The predicted molar refractivity (Wildman–Crippen MR) is 147 cm³/mol. The van der Waals surface area contributed by atoms with Crippen molar-refractivity contribution >= 4 is 33.1 Å². The molecule has 4 heterocycles. The second-order valence-electron chi connectivity index (χ2n) is 11.7. The van der Waals surface area contributed by atoms with E-state index in [0.29, 0.717) is 17.2 Å². The van der Waals surface area contributed by atoms with Crippen LogP contribution in [-0.4, -0.2) is 29.5 Å². The van der Waals surface area contributed by atoms with Crippen molar-refractivity contribution in [1.29, 1.82) is 0 Å². The van der Waals surface area contributed by atoms with Crippen LogP contribution in [-0.2, 0) is 17.9 Å². The molecule has 0 N–H and O–H groups in total. The number of imidazole rings is 1. The van der Waals surface area contributed by atoms with E-state index in [0.717, 1.165) is 50.4 Å². The molecule has 0 amide bonds. The number of rotatable bonds is 2. The van der Waals surface area contributed by atoms with Crippen molar-refractivity contribution in [3.05, 3.63) is 66.2 Å². The first kappa shape index (κ1) is 23.3. The molecular weight excluding hydrogens is 460 g/mol. The summed E-state index contributed by atoms with van der Waals surface area (Å²) in [5.74, 6) is 2.96. The highest BCUT2D eigenvalue weighted by atomic mass is 16.3. The van der Waals surface area contributed by atoms with Crippen LogP contribution in [0.4, 0.5) is 0 Å². The summed E-state index contributed by atoms with van der Waals surface area (Å²) in [6.45, 7) is 12.6. The molecule has 0 radical (unpaired) electrons. The van der Waals surface area contributed by atoms with Gasteiger partial charge in [-0.25, -0.2) is 24.9 Å². The van der Waals surface area contributed by atoms with Gasteiger partial charge in [0.25, 0.3) is 0 Å². The van der Waals surface area contributed by atoms with E-state index in [-0.39, 0.29) is 10.8 Å². The Kier molecular flexibility index (Phi) is 4.99. The van der Waals surface area contributed by atoms with Gasteiger partial charge < -0.3 is 8.98 Å². The average molecular weight is 491 g/mol. The van der Waals surface area contributed by atoms with Crippen LogP contribution in [0.5, 0.6) is 0 Å². The summed E-state index contributed by atoms with van der Waals surface area (Å²) in [4.78, 5) is 24.1. The first-order valence-corrected chi connectivity index (χ1v) is 12.5. The van der Waals surface area contributed by atoms with Gasteiger partial charge in [-0.15, -0.1) is 0 Å². The molecule has 37 heavy (non-hydrogen) atoms. The third kappa shape index (κ3) is 3.95. The smallest absolute Gasteiger partial charge is 0.227 e. The summed E-state index contributed by atoms with van der Waals surface area (Å²) in [5, 5.41) is 1.97. The Balaban J connectivity index is 1.48. The molecule has 6 aromatic rings. The first-order chi connectivity index (χ1) is 17.5. The fourth-order valence-electron chi connectivity index (χ4n) is 4.49. The number of hydrogen-bond donors (Lipinski definition) is 0. The zero-order chi connectivity index (χ0) is 26.1. The molecule has 0 atom stereocenters. The average Bonchev–Trinajstić information content (AvgIpc) is 3.39. The van der Waals surface area contributed by atoms with E-state index >= 15 is 0 Å². The highest BCUT2D eigenvalue weighted by Gasteiger charge is 2.26. The summed E-state index contributed by atoms with van der Waals surface area (Å²) in [5.41, 5.74) is 4.62. The Morgan fingerprint density at radius 1 is 0.703 bits per heavy atom. The first-order valence-electron chi connectivity index (χ1n) is 12.5. The van der Waals surface area contributed by atoms with Crippen molar-refractivity contribution in [1.82, 2.24) is 29.5 Å². The molecule has 0 unspecified atom stereocenters. The standard InChI is InChI=1S/C30H30N6O/c1-29(2,3)27-33-24(34-28(35-27)30(4,5)6)21-15-14-19-18-13-12-17(16-23(18)37-26(19)32-21)25-31-20-10-8-9-11-22(20)36(25)7/h8-16H,1-7H3. The van der Waals surface area contributed by atoms with Gasteiger partial charge >= 0.3 is 0 Å². The topological polar surface area (TPSA) is 82.5 Å². The van der Waals surface area contributed by atoms with Gasteiger partial charge in [-0.3, -0.25) is 0 Å². The third-order valence-corrected chi connectivity index (χ3v) is 6.59. The molecule has 0 aliphatic rings. The quantitative estimate of drug-likeness (QED) is 0.260. The van der Waals surface area contributed by atoms with E-state index < -0.39 is 0 Å². The number of fused-ring (bicyclic) bond motifs is 4. The Labute approximate surface area is 215 Å². The van der Waals surface area contributed by atoms with Gasteiger partial charge in [0.1, 0.15) is 28.8 Å². The molecule has 0 aliphatic carbocycles. The molecule has 0 fully saturated rings. The fourth-order valence-corrected chi connectivity index (χ4v) is 4.49. The van der Waals surface area contributed by atoms with Crippen LogP contribution in [0.2, 0.25) is 0 Å². The predicted octanol–water partition coefficient (Wildman–Crippen LogP) is 6.98. The number of pyridine rings is 1. The number of aromatic nitrogens is 6. The summed E-state index contributed by atoms with van der Waals surface area (Å²) in [6.07, 6.45) is 0. The van der Waals surface area contributed by atoms with Crippen molar-refractivity contribution in [3.8, 4) is 22.9 Å². The van der Waals surface area contributed by atoms with Crippen LogP contribution in [0.25, 0.3) is 56.0 Å². The summed E-state index contributed by atoms with van der Waals surface area (Å²) < 4.78 is 8.37. The van der Waals surface area contributed by atoms with Gasteiger partial charge in [-0.05, 0) is 36.4 Å². The lowest BCUT2D eigenvalue weighted by Gasteiger charge is -2.22. The van der Waals surface area contributed by atoms with Crippen molar-refractivity contribution in [3.63, 3.8) is 0 Å². The summed E-state index contributed by atoms with van der Waals surface area (Å²) in [7, 11) is 2.04. The van der Waals surface area contributed by atoms with Crippen LogP contribution in [0.3, 0.4) is 0 Å². The maximum absolute atomic E-state index is 6.27. The van der Waals surface area contributed by atoms with E-state index in [4.69, 9.17) is 29.3 Å². The third-order valence-electron chi connectivity index (χ3n) is 6.59. The molecule has 0 aliphatic heterocycles. The van der Waals surface area contributed by atoms with Crippen molar-refractivity contribution in [2.24, 2.45) is 7.05 Å². The number of hydrogen-bond acceptors (Lipinski definition) is 6. The zero-order valence-electron chi connectivity index (χ0n) is 22.3. The molecule has 186 valence electrons. The molecule has 6 rings (SSSR count). The Hall–Kier alpha value is -4.13. The number of aryl methyl sites for hydroxylation is 1. The monoisotopic (exact) mass is 490 g/mol. The van der Waals surface area contributed by atoms with Gasteiger partial charge in [-0.2, -0.15) is 0 Å². The van der Waals surface area contributed by atoms with Crippen molar-refractivity contribution in [2.45, 2.75) is 52.4 Å². The molecule has 0 bridgehead atoms. The lowest BCUT2D eigenvalue weighted by molar-refractivity contribution is 0.497. The van der Waals surface area contributed by atoms with Gasteiger partial charge in [0.05, 0.1) is 11.0 Å². The minimum absolute atomic E-state index is 0.215. The largest absolute Gasteiger partial charge is 0.438 e. The molecule has 0 saturated heterocycles. The Bertz CT molecular complexity index is 1780. The Morgan fingerprint density at radius 3 is 2.05 bits per heavy atom. The fraction of sp³-hybridized carbons (Fsp3) is 0.300. The summed E-state index contributed by atoms with van der Waals surface area (Å²) in [6, 6.07) is 18.3.